The summed E-state index contributed by atoms with van der Waals surface area (Å²) in [5, 5.41) is 4.08. The van der Waals surface area contributed by atoms with E-state index < -0.39 is 0 Å². The van der Waals surface area contributed by atoms with E-state index in [9.17, 15) is 0 Å². The minimum absolute atomic E-state index is 0.317. The van der Waals surface area contributed by atoms with Gasteiger partial charge in [0.1, 0.15) is 12.1 Å². The van der Waals surface area contributed by atoms with Gasteiger partial charge in [-0.2, -0.15) is 4.98 Å². The predicted octanol–water partition coefficient (Wildman–Crippen LogP) is 5.50. The second-order valence-electron chi connectivity index (χ2n) is 9.85. The van der Waals surface area contributed by atoms with Gasteiger partial charge in [0.15, 0.2) is 5.82 Å². The van der Waals surface area contributed by atoms with Crippen molar-refractivity contribution in [2.75, 3.05) is 24.5 Å². The molecule has 2 aliphatic rings. The Balaban J connectivity index is 1.16. The largest absolute Gasteiger partial charge is 0.367 e. The maximum atomic E-state index is 5.52. The van der Waals surface area contributed by atoms with Gasteiger partial charge in [0, 0.05) is 56.2 Å². The summed E-state index contributed by atoms with van der Waals surface area (Å²) < 4.78 is 5.52. The molecule has 2 aliphatic heterocycles. The first-order chi connectivity index (χ1) is 18.2. The SMILES string of the molecule is C=C(c1ccc(-c2ccccc2)cc1)N1CCc2ncnc(N3CCC(c4nc(CC)no4)CC3)c2C1. The zero-order valence-electron chi connectivity index (χ0n) is 21.3. The zero-order valence-corrected chi connectivity index (χ0v) is 21.3. The number of hydrogen-bond acceptors (Lipinski definition) is 7. The first-order valence-electron chi connectivity index (χ1n) is 13.2. The third-order valence-electron chi connectivity index (χ3n) is 7.63. The number of aromatic nitrogens is 4. The van der Waals surface area contributed by atoms with Crippen LogP contribution in [0.15, 0.2) is 72.0 Å². The van der Waals surface area contributed by atoms with Gasteiger partial charge in [0.05, 0.1) is 5.69 Å². The molecule has 2 aromatic heterocycles. The molecule has 2 aromatic carbocycles. The normalized spacial score (nSPS) is 16.0. The van der Waals surface area contributed by atoms with Crippen molar-refractivity contribution in [3.63, 3.8) is 0 Å². The summed E-state index contributed by atoms with van der Waals surface area (Å²) in [5.41, 5.74) is 7.00. The molecular formula is C30H32N6O. The highest BCUT2D eigenvalue weighted by molar-refractivity contribution is 5.69. The van der Waals surface area contributed by atoms with Gasteiger partial charge in [-0.3, -0.25) is 0 Å². The zero-order chi connectivity index (χ0) is 25.2. The molecule has 4 heterocycles. The smallest absolute Gasteiger partial charge is 0.229 e. The Hall–Kier alpha value is -4.00. The van der Waals surface area contributed by atoms with E-state index in [1.165, 1.54) is 16.7 Å². The van der Waals surface area contributed by atoms with Crippen molar-refractivity contribution in [3.8, 4) is 11.1 Å². The van der Waals surface area contributed by atoms with Crippen LogP contribution >= 0.6 is 0 Å². The van der Waals surface area contributed by atoms with Crippen molar-refractivity contribution in [1.82, 2.24) is 25.0 Å². The maximum Gasteiger partial charge on any atom is 0.229 e. The minimum Gasteiger partial charge on any atom is -0.367 e. The van der Waals surface area contributed by atoms with E-state index in [0.717, 1.165) is 86.3 Å². The molecule has 7 heteroatoms. The van der Waals surface area contributed by atoms with Crippen LogP contribution in [-0.2, 0) is 19.4 Å². The second-order valence-corrected chi connectivity index (χ2v) is 9.85. The van der Waals surface area contributed by atoms with Gasteiger partial charge in [0.25, 0.3) is 0 Å². The fourth-order valence-electron chi connectivity index (χ4n) is 5.41. The van der Waals surface area contributed by atoms with Gasteiger partial charge in [0.2, 0.25) is 5.89 Å². The highest BCUT2D eigenvalue weighted by Gasteiger charge is 2.29. The number of hydrogen-bond donors (Lipinski definition) is 0. The number of rotatable bonds is 6. The van der Waals surface area contributed by atoms with Crippen molar-refractivity contribution in [1.29, 1.82) is 0 Å². The average molecular weight is 493 g/mol. The van der Waals surface area contributed by atoms with Crippen LogP contribution in [0.2, 0.25) is 0 Å². The molecule has 7 nitrogen and oxygen atoms in total. The molecule has 0 radical (unpaired) electrons. The predicted molar refractivity (Wildman–Crippen MR) is 145 cm³/mol. The van der Waals surface area contributed by atoms with Crippen molar-refractivity contribution in [2.24, 2.45) is 0 Å². The van der Waals surface area contributed by atoms with E-state index in [4.69, 9.17) is 9.51 Å². The Bertz CT molecular complexity index is 1370. The Morgan fingerprint density at radius 1 is 0.973 bits per heavy atom. The molecular weight excluding hydrogens is 460 g/mol. The summed E-state index contributed by atoms with van der Waals surface area (Å²) >= 11 is 0. The van der Waals surface area contributed by atoms with E-state index in [0.29, 0.717) is 5.92 Å². The summed E-state index contributed by atoms with van der Waals surface area (Å²) in [6.07, 6.45) is 5.37. The van der Waals surface area contributed by atoms with Crippen LogP contribution in [0.1, 0.15) is 54.2 Å². The number of aryl methyl sites for hydroxylation is 1. The standard InChI is InChI=1S/C30H32N6O/c1-3-28-33-30(37-34-28)25-13-16-35(17-14-25)29-26-19-36(18-15-27(26)31-20-32-29)21(2)22-9-11-24(12-10-22)23-7-5-4-6-8-23/h4-12,20,25H,2-3,13-19H2,1H3. The van der Waals surface area contributed by atoms with E-state index in [1.54, 1.807) is 6.33 Å². The molecule has 0 amide bonds. The molecule has 0 unspecified atom stereocenters. The molecule has 0 bridgehead atoms. The molecule has 0 atom stereocenters. The summed E-state index contributed by atoms with van der Waals surface area (Å²) in [6.45, 7) is 10.0. The third kappa shape index (κ3) is 4.73. The van der Waals surface area contributed by atoms with Gasteiger partial charge >= 0.3 is 0 Å². The molecule has 188 valence electrons. The van der Waals surface area contributed by atoms with Crippen LogP contribution in [0.25, 0.3) is 16.8 Å². The van der Waals surface area contributed by atoms with Crippen molar-refractivity contribution in [2.45, 2.75) is 45.1 Å². The first-order valence-corrected chi connectivity index (χ1v) is 13.2. The van der Waals surface area contributed by atoms with E-state index in [2.05, 4.69) is 80.0 Å². The van der Waals surface area contributed by atoms with E-state index >= 15 is 0 Å². The Morgan fingerprint density at radius 2 is 1.73 bits per heavy atom. The van der Waals surface area contributed by atoms with Crippen LogP contribution in [-0.4, -0.2) is 44.6 Å². The van der Waals surface area contributed by atoms with Gasteiger partial charge in [-0.15, -0.1) is 0 Å². The molecule has 0 aliphatic carbocycles. The number of anilines is 1. The third-order valence-corrected chi connectivity index (χ3v) is 7.63. The maximum absolute atomic E-state index is 5.52. The summed E-state index contributed by atoms with van der Waals surface area (Å²) in [6, 6.07) is 19.2. The Kier molecular flexibility index (Phi) is 6.43. The second kappa shape index (κ2) is 10.2. The molecule has 6 rings (SSSR count). The van der Waals surface area contributed by atoms with Gasteiger partial charge < -0.3 is 14.3 Å². The van der Waals surface area contributed by atoms with Crippen LogP contribution < -0.4 is 4.90 Å². The van der Waals surface area contributed by atoms with Crippen LogP contribution in [0.5, 0.6) is 0 Å². The molecule has 0 N–H and O–H groups in total. The van der Waals surface area contributed by atoms with Crippen molar-refractivity contribution in [3.05, 3.63) is 96.0 Å². The van der Waals surface area contributed by atoms with Gasteiger partial charge in [-0.05, 0) is 29.5 Å². The van der Waals surface area contributed by atoms with E-state index in [1.807, 2.05) is 13.0 Å². The van der Waals surface area contributed by atoms with E-state index in [-0.39, 0.29) is 0 Å². The molecule has 1 fully saturated rings. The molecule has 0 saturated carbocycles. The number of nitrogens with zero attached hydrogens (tertiary/aromatic N) is 6. The summed E-state index contributed by atoms with van der Waals surface area (Å²) in [7, 11) is 0. The number of fused-ring (bicyclic) bond motifs is 1. The van der Waals surface area contributed by atoms with Crippen molar-refractivity contribution >= 4 is 11.5 Å². The number of benzene rings is 2. The lowest BCUT2D eigenvalue weighted by Crippen LogP contribution is -2.37. The lowest BCUT2D eigenvalue weighted by Gasteiger charge is -2.36. The van der Waals surface area contributed by atoms with Crippen LogP contribution in [0, 0.1) is 0 Å². The summed E-state index contributed by atoms with van der Waals surface area (Å²) in [5.74, 6) is 2.94. The fraction of sp³-hybridized carbons (Fsp3) is 0.333. The monoisotopic (exact) mass is 492 g/mol. The topological polar surface area (TPSA) is 71.2 Å². The van der Waals surface area contributed by atoms with Crippen LogP contribution in [0.4, 0.5) is 5.82 Å². The first kappa shape index (κ1) is 23.4. The quantitative estimate of drug-likeness (QED) is 0.352. The fourth-order valence-corrected chi connectivity index (χ4v) is 5.41. The van der Waals surface area contributed by atoms with Crippen molar-refractivity contribution < 1.29 is 4.52 Å². The Labute approximate surface area is 217 Å². The Morgan fingerprint density at radius 3 is 2.46 bits per heavy atom. The van der Waals surface area contributed by atoms with Gasteiger partial charge in [-0.1, -0.05) is 73.3 Å². The number of piperidine rings is 1. The average Bonchev–Trinajstić information content (AvgIpc) is 3.46. The lowest BCUT2D eigenvalue weighted by molar-refractivity contribution is 0.325. The van der Waals surface area contributed by atoms with Crippen LogP contribution in [0.3, 0.4) is 0 Å². The minimum atomic E-state index is 0.317. The molecule has 0 spiro atoms. The highest BCUT2D eigenvalue weighted by atomic mass is 16.5. The molecule has 1 saturated heterocycles. The lowest BCUT2D eigenvalue weighted by atomic mass is 9.95. The highest BCUT2D eigenvalue weighted by Crippen LogP contribution is 2.34. The summed E-state index contributed by atoms with van der Waals surface area (Å²) in [4.78, 5) is 18.7. The van der Waals surface area contributed by atoms with Gasteiger partial charge in [-0.25, -0.2) is 9.97 Å². The molecule has 37 heavy (non-hydrogen) atoms. The molecule has 4 aromatic rings.